The maximum atomic E-state index is 2.40. The molecule has 0 amide bonds. The van der Waals surface area contributed by atoms with Crippen LogP contribution in [-0.4, -0.2) is 9.52 Å². The molecule has 0 nitrogen and oxygen atoms in total. The van der Waals surface area contributed by atoms with Crippen molar-refractivity contribution in [2.24, 2.45) is 5.41 Å². The highest BCUT2D eigenvalue weighted by molar-refractivity contribution is 6.62. The third kappa shape index (κ3) is 12.1. The lowest BCUT2D eigenvalue weighted by molar-refractivity contribution is 0.516. The molecule has 2 radical (unpaired) electrons. The number of hydrogen-bond donors (Lipinski definition) is 0. The summed E-state index contributed by atoms with van der Waals surface area (Å²) in [5.74, 6) is 0. The third-order valence-corrected chi connectivity index (χ3v) is 9.23. The first-order valence-electron chi connectivity index (χ1n) is 15.2. The number of hydrogen-bond acceptors (Lipinski definition) is 0. The van der Waals surface area contributed by atoms with Crippen molar-refractivity contribution in [3.63, 3.8) is 0 Å². The highest BCUT2D eigenvalue weighted by atomic mass is 28.2. The number of allylic oxidation sites excluding steroid dienone is 4. The van der Waals surface area contributed by atoms with E-state index in [1.807, 2.05) is 0 Å². The van der Waals surface area contributed by atoms with Crippen LogP contribution < -0.4 is 5.19 Å². The molecule has 0 spiro atoms. The number of rotatable bonds is 19. The zero-order valence-electron chi connectivity index (χ0n) is 24.1. The van der Waals surface area contributed by atoms with Crippen molar-refractivity contribution in [2.75, 3.05) is 0 Å². The summed E-state index contributed by atoms with van der Waals surface area (Å²) < 4.78 is 0. The van der Waals surface area contributed by atoms with Crippen molar-refractivity contribution in [2.45, 2.75) is 150 Å². The van der Waals surface area contributed by atoms with E-state index in [0.29, 0.717) is 0 Å². The molecule has 1 aliphatic carbocycles. The Kier molecular flexibility index (Phi) is 15.0. The van der Waals surface area contributed by atoms with Gasteiger partial charge in [-0.2, -0.15) is 0 Å². The Morgan fingerprint density at radius 1 is 0.714 bits per heavy atom. The van der Waals surface area contributed by atoms with Gasteiger partial charge in [0.15, 0.2) is 0 Å². The summed E-state index contributed by atoms with van der Waals surface area (Å²) in [6, 6.07) is 7.00. The van der Waals surface area contributed by atoms with Gasteiger partial charge < -0.3 is 0 Å². The molecule has 1 aromatic rings. The minimum Gasteiger partial charge on any atom is -0.0806 e. The average Bonchev–Trinajstić information content (AvgIpc) is 3.29. The second-order valence-corrected chi connectivity index (χ2v) is 13.4. The van der Waals surface area contributed by atoms with Gasteiger partial charge in [0.1, 0.15) is 9.52 Å². The predicted molar refractivity (Wildman–Crippen MR) is 160 cm³/mol. The van der Waals surface area contributed by atoms with Crippen LogP contribution in [0.25, 0.3) is 0 Å². The summed E-state index contributed by atoms with van der Waals surface area (Å²) in [7, 11) is 0.835. The summed E-state index contributed by atoms with van der Waals surface area (Å²) in [5, 5.41) is 3.27. The number of aryl methyl sites for hydroxylation is 1. The zero-order valence-corrected chi connectivity index (χ0v) is 25.1. The zero-order chi connectivity index (χ0) is 25.4. The van der Waals surface area contributed by atoms with E-state index in [2.05, 4.69) is 65.0 Å². The molecule has 0 fully saturated rings. The molecule has 35 heavy (non-hydrogen) atoms. The van der Waals surface area contributed by atoms with Crippen LogP contribution in [-0.2, 0) is 6.42 Å². The van der Waals surface area contributed by atoms with Crippen molar-refractivity contribution in [1.29, 1.82) is 0 Å². The summed E-state index contributed by atoms with van der Waals surface area (Å²) >= 11 is 0. The smallest absolute Gasteiger partial charge is 0.0806 e. The molecule has 0 heterocycles. The Morgan fingerprint density at radius 2 is 1.23 bits per heavy atom. The van der Waals surface area contributed by atoms with Gasteiger partial charge in [-0.15, -0.1) is 0 Å². The van der Waals surface area contributed by atoms with E-state index in [-0.39, 0.29) is 5.41 Å². The van der Waals surface area contributed by atoms with Crippen molar-refractivity contribution in [3.8, 4) is 0 Å². The van der Waals surface area contributed by atoms with E-state index in [4.69, 9.17) is 0 Å². The lowest BCUT2D eigenvalue weighted by atomic mass is 9.87. The minimum absolute atomic E-state index is 0.257. The van der Waals surface area contributed by atoms with Crippen LogP contribution >= 0.6 is 0 Å². The van der Waals surface area contributed by atoms with Gasteiger partial charge in [-0.05, 0) is 48.3 Å². The molecule has 196 valence electrons. The van der Waals surface area contributed by atoms with Gasteiger partial charge in [0.25, 0.3) is 0 Å². The Hall–Kier alpha value is -1.08. The van der Waals surface area contributed by atoms with Gasteiger partial charge in [0.05, 0.1) is 0 Å². The molecule has 0 aliphatic heterocycles. The summed E-state index contributed by atoms with van der Waals surface area (Å²) in [4.78, 5) is 0. The molecule has 1 aromatic carbocycles. The Labute approximate surface area is 222 Å². The lowest BCUT2D eigenvalue weighted by Gasteiger charge is -2.22. The standard InChI is InChI=1S/C34H56Si/c1-6-7-8-9-10-11-12-13-14-15-16-17-18-19-20-21-25-30-29(2)24-22-27-32(30)35-33-28-23-26-31(33)34(3,4)5/h22-24,26-27H,6-21,25,28H2,1-5H3. The van der Waals surface area contributed by atoms with E-state index >= 15 is 0 Å². The molecule has 1 aliphatic rings. The highest BCUT2D eigenvalue weighted by Gasteiger charge is 2.22. The van der Waals surface area contributed by atoms with Gasteiger partial charge >= 0.3 is 0 Å². The quantitative estimate of drug-likeness (QED) is 0.133. The van der Waals surface area contributed by atoms with Crippen molar-refractivity contribution < 1.29 is 0 Å². The monoisotopic (exact) mass is 492 g/mol. The Morgan fingerprint density at radius 3 is 1.74 bits per heavy atom. The topological polar surface area (TPSA) is 0 Å². The fourth-order valence-electron chi connectivity index (χ4n) is 5.49. The van der Waals surface area contributed by atoms with E-state index in [9.17, 15) is 0 Å². The molecule has 0 bridgehead atoms. The first-order valence-corrected chi connectivity index (χ1v) is 16.2. The van der Waals surface area contributed by atoms with Gasteiger partial charge in [-0.25, -0.2) is 0 Å². The molecule has 0 atom stereocenters. The van der Waals surface area contributed by atoms with E-state index in [1.165, 1.54) is 115 Å². The van der Waals surface area contributed by atoms with Crippen LogP contribution in [0.15, 0.2) is 41.1 Å². The molecule has 0 saturated carbocycles. The molecule has 2 rings (SSSR count). The first kappa shape index (κ1) is 30.1. The van der Waals surface area contributed by atoms with Crippen molar-refractivity contribution >= 4 is 14.7 Å². The van der Waals surface area contributed by atoms with Crippen molar-refractivity contribution in [3.05, 3.63) is 52.2 Å². The molecule has 1 heteroatoms. The second kappa shape index (κ2) is 17.4. The minimum atomic E-state index is 0.257. The average molecular weight is 493 g/mol. The van der Waals surface area contributed by atoms with Crippen LogP contribution in [0.5, 0.6) is 0 Å². The SMILES string of the molecule is CCCCCCCCCCCCCCCCCCc1c(C)cccc1[Si]C1=C(C(C)(C)C)C=CC1. The van der Waals surface area contributed by atoms with Gasteiger partial charge in [0, 0.05) is 0 Å². The van der Waals surface area contributed by atoms with Crippen LogP contribution in [0.4, 0.5) is 0 Å². The van der Waals surface area contributed by atoms with Crippen LogP contribution in [0, 0.1) is 12.3 Å². The normalized spacial score (nSPS) is 13.9. The van der Waals surface area contributed by atoms with Crippen molar-refractivity contribution in [1.82, 2.24) is 0 Å². The fraction of sp³-hybridized carbons (Fsp3) is 0.706. The highest BCUT2D eigenvalue weighted by Crippen LogP contribution is 2.34. The summed E-state index contributed by atoms with van der Waals surface area (Å²) in [5.41, 5.74) is 4.97. The van der Waals surface area contributed by atoms with Crippen LogP contribution in [0.2, 0.25) is 0 Å². The fourth-order valence-corrected chi connectivity index (χ4v) is 7.28. The Bertz CT molecular complexity index is 761. The molecular formula is C34H56Si. The van der Waals surface area contributed by atoms with Crippen LogP contribution in [0.1, 0.15) is 148 Å². The van der Waals surface area contributed by atoms with Crippen LogP contribution in [0.3, 0.4) is 0 Å². The first-order chi connectivity index (χ1) is 16.9. The van der Waals surface area contributed by atoms with Gasteiger partial charge in [0.2, 0.25) is 0 Å². The maximum absolute atomic E-state index is 2.40. The number of benzene rings is 1. The number of unbranched alkanes of at least 4 members (excludes halogenated alkanes) is 15. The lowest BCUT2D eigenvalue weighted by Crippen LogP contribution is -2.24. The van der Waals surface area contributed by atoms with E-state index < -0.39 is 0 Å². The second-order valence-electron chi connectivity index (χ2n) is 12.0. The molecule has 0 aromatic heterocycles. The summed E-state index contributed by atoms with van der Waals surface area (Å²) in [6.07, 6.45) is 30.2. The molecular weight excluding hydrogens is 436 g/mol. The predicted octanol–water partition coefficient (Wildman–Crippen LogP) is 10.4. The molecule has 0 N–H and O–H groups in total. The molecule has 0 saturated heterocycles. The Balaban J connectivity index is 1.57. The maximum Gasteiger partial charge on any atom is 0.117 e. The summed E-state index contributed by atoms with van der Waals surface area (Å²) in [6.45, 7) is 11.7. The van der Waals surface area contributed by atoms with E-state index in [1.54, 1.807) is 21.5 Å². The van der Waals surface area contributed by atoms with Gasteiger partial charge in [-0.1, -0.05) is 165 Å². The largest absolute Gasteiger partial charge is 0.117 e. The van der Waals surface area contributed by atoms with Gasteiger partial charge in [-0.3, -0.25) is 0 Å². The molecule has 0 unspecified atom stereocenters. The van der Waals surface area contributed by atoms with E-state index in [0.717, 1.165) is 15.9 Å². The third-order valence-electron chi connectivity index (χ3n) is 7.72.